The lowest BCUT2D eigenvalue weighted by Crippen LogP contribution is -2.00. The molecule has 0 saturated heterocycles. The molecule has 0 N–H and O–H groups in total. The minimum Gasteiger partial charge on any atom is -0.277 e. The maximum Gasteiger partial charge on any atom is 0.220 e. The van der Waals surface area contributed by atoms with Crippen molar-refractivity contribution in [1.82, 2.24) is 14.0 Å². The molecule has 5 rings (SSSR count). The second kappa shape index (κ2) is 5.33. The largest absolute Gasteiger partial charge is 0.277 e. The highest BCUT2D eigenvalue weighted by Gasteiger charge is 2.19. The summed E-state index contributed by atoms with van der Waals surface area (Å²) in [6.45, 7) is 0. The molecule has 118 valence electrons. The normalized spacial score (nSPS) is 11.4. The standard InChI is InChI=1S/C20H11IN4/c21-14-6-5-11-16(13(14)12-22)24-18-9-3-4-10-19(18)25-17-8-2-1-7-15(17)23-20(24)25/h1-11H. The number of rotatable bonds is 1. The van der Waals surface area contributed by atoms with E-state index in [0.717, 1.165) is 37.1 Å². The molecule has 2 aromatic heterocycles. The fourth-order valence-electron chi connectivity index (χ4n) is 3.40. The van der Waals surface area contributed by atoms with Gasteiger partial charge >= 0.3 is 0 Å². The summed E-state index contributed by atoms with van der Waals surface area (Å²) in [5, 5.41) is 9.69. The van der Waals surface area contributed by atoms with Crippen LogP contribution in [0, 0.1) is 14.9 Å². The van der Waals surface area contributed by atoms with Crippen LogP contribution < -0.4 is 0 Å². The van der Waals surface area contributed by atoms with Gasteiger partial charge in [0.2, 0.25) is 5.78 Å². The average Bonchev–Trinajstić information content (AvgIpc) is 3.16. The molecule has 0 fully saturated rings. The summed E-state index contributed by atoms with van der Waals surface area (Å²) in [7, 11) is 0. The Morgan fingerprint density at radius 1 is 0.840 bits per heavy atom. The molecule has 3 aromatic carbocycles. The zero-order chi connectivity index (χ0) is 17.0. The van der Waals surface area contributed by atoms with E-state index < -0.39 is 0 Å². The van der Waals surface area contributed by atoms with E-state index in [1.165, 1.54) is 0 Å². The summed E-state index contributed by atoms with van der Waals surface area (Å²) < 4.78 is 5.17. The highest BCUT2D eigenvalue weighted by Crippen LogP contribution is 2.31. The lowest BCUT2D eigenvalue weighted by molar-refractivity contribution is 1.10. The SMILES string of the molecule is N#Cc1c(I)cccc1-n1c2ccccc2n2c3ccccc3nc12. The predicted octanol–water partition coefficient (Wildman–Crippen LogP) is 4.91. The van der Waals surface area contributed by atoms with E-state index in [1.54, 1.807) is 0 Å². The van der Waals surface area contributed by atoms with Gasteiger partial charge in [0.25, 0.3) is 0 Å². The Balaban J connectivity index is 2.05. The van der Waals surface area contributed by atoms with Crippen molar-refractivity contribution >= 4 is 50.4 Å². The van der Waals surface area contributed by atoms with Gasteiger partial charge in [-0.05, 0) is 59.0 Å². The highest BCUT2D eigenvalue weighted by molar-refractivity contribution is 14.1. The van der Waals surface area contributed by atoms with Crippen LogP contribution in [0.5, 0.6) is 0 Å². The Morgan fingerprint density at radius 2 is 1.56 bits per heavy atom. The van der Waals surface area contributed by atoms with Crippen molar-refractivity contribution in [2.45, 2.75) is 0 Å². The van der Waals surface area contributed by atoms with Crippen LogP contribution in [-0.2, 0) is 0 Å². The van der Waals surface area contributed by atoms with Crippen LogP contribution in [0.2, 0.25) is 0 Å². The van der Waals surface area contributed by atoms with Crippen molar-refractivity contribution in [3.8, 4) is 11.8 Å². The molecule has 0 aliphatic rings. The third-order valence-corrected chi connectivity index (χ3v) is 5.35. The number of benzene rings is 3. The second-order valence-electron chi connectivity index (χ2n) is 5.81. The smallest absolute Gasteiger partial charge is 0.220 e. The molecule has 0 atom stereocenters. The fraction of sp³-hybridized carbons (Fsp3) is 0. The lowest BCUT2D eigenvalue weighted by atomic mass is 10.2. The summed E-state index contributed by atoms with van der Waals surface area (Å²) in [5.74, 6) is 0.820. The highest BCUT2D eigenvalue weighted by atomic mass is 127. The van der Waals surface area contributed by atoms with Gasteiger partial charge in [-0.1, -0.05) is 30.3 Å². The summed E-state index contributed by atoms with van der Waals surface area (Å²) in [5.41, 5.74) is 5.65. The van der Waals surface area contributed by atoms with Crippen molar-refractivity contribution in [1.29, 1.82) is 5.26 Å². The summed E-state index contributed by atoms with van der Waals surface area (Å²) in [6, 6.07) is 24.6. The third kappa shape index (κ3) is 1.94. The van der Waals surface area contributed by atoms with E-state index in [2.05, 4.69) is 55.8 Å². The summed E-state index contributed by atoms with van der Waals surface area (Å²) >= 11 is 2.21. The van der Waals surface area contributed by atoms with Gasteiger partial charge in [0.15, 0.2) is 0 Å². The molecule has 25 heavy (non-hydrogen) atoms. The van der Waals surface area contributed by atoms with E-state index in [-0.39, 0.29) is 0 Å². The number of hydrogen-bond donors (Lipinski definition) is 0. The average molecular weight is 434 g/mol. The summed E-state index contributed by atoms with van der Waals surface area (Å²) in [4.78, 5) is 4.85. The number of nitriles is 1. The Morgan fingerprint density at radius 3 is 2.36 bits per heavy atom. The van der Waals surface area contributed by atoms with Crippen molar-refractivity contribution in [2.24, 2.45) is 0 Å². The molecule has 5 aromatic rings. The van der Waals surface area contributed by atoms with Crippen LogP contribution >= 0.6 is 22.6 Å². The van der Waals surface area contributed by atoms with Gasteiger partial charge in [0.1, 0.15) is 6.07 Å². The molecule has 0 spiro atoms. The first kappa shape index (κ1) is 14.5. The lowest BCUT2D eigenvalue weighted by Gasteiger charge is -2.08. The number of halogens is 1. The quantitative estimate of drug-likeness (QED) is 0.352. The number of imidazole rings is 2. The third-order valence-electron chi connectivity index (χ3n) is 4.45. The van der Waals surface area contributed by atoms with Gasteiger partial charge in [-0.3, -0.25) is 8.97 Å². The van der Waals surface area contributed by atoms with Gasteiger partial charge in [-0.15, -0.1) is 0 Å². The Bertz CT molecular complexity index is 1320. The van der Waals surface area contributed by atoms with Crippen molar-refractivity contribution in [3.63, 3.8) is 0 Å². The van der Waals surface area contributed by atoms with Crippen LogP contribution in [0.4, 0.5) is 0 Å². The van der Waals surface area contributed by atoms with E-state index in [0.29, 0.717) is 5.56 Å². The van der Waals surface area contributed by atoms with Crippen LogP contribution in [0.15, 0.2) is 66.7 Å². The number of hydrogen-bond acceptors (Lipinski definition) is 2. The molecule has 2 heterocycles. The number of aromatic nitrogens is 3. The van der Waals surface area contributed by atoms with Gasteiger partial charge in [-0.25, -0.2) is 4.98 Å². The zero-order valence-electron chi connectivity index (χ0n) is 13.0. The maximum atomic E-state index is 9.69. The van der Waals surface area contributed by atoms with Gasteiger partial charge in [0.05, 0.1) is 33.3 Å². The molecule has 0 bridgehead atoms. The minimum absolute atomic E-state index is 0.665. The molecule has 5 heteroatoms. The van der Waals surface area contributed by atoms with E-state index in [9.17, 15) is 5.26 Å². The Hall–Kier alpha value is -2.85. The molecule has 0 aliphatic carbocycles. The van der Waals surface area contributed by atoms with Crippen LogP contribution in [0.1, 0.15) is 5.56 Å². The van der Waals surface area contributed by atoms with E-state index >= 15 is 0 Å². The van der Waals surface area contributed by atoms with Crippen LogP contribution in [-0.4, -0.2) is 14.0 Å². The molecule has 0 saturated carbocycles. The molecule has 0 amide bonds. The van der Waals surface area contributed by atoms with Crippen LogP contribution in [0.25, 0.3) is 33.5 Å². The van der Waals surface area contributed by atoms with Crippen molar-refractivity contribution < 1.29 is 0 Å². The number of fused-ring (bicyclic) bond motifs is 5. The predicted molar refractivity (Wildman–Crippen MR) is 107 cm³/mol. The van der Waals surface area contributed by atoms with Gasteiger partial charge in [0, 0.05) is 3.57 Å². The molecular formula is C20H11IN4. The molecular weight excluding hydrogens is 423 g/mol. The fourth-order valence-corrected chi connectivity index (χ4v) is 4.00. The Kier molecular flexibility index (Phi) is 3.09. The summed E-state index contributed by atoms with van der Waals surface area (Å²) in [6.07, 6.45) is 0. The second-order valence-corrected chi connectivity index (χ2v) is 6.97. The zero-order valence-corrected chi connectivity index (χ0v) is 15.2. The minimum atomic E-state index is 0.665. The van der Waals surface area contributed by atoms with Gasteiger partial charge < -0.3 is 0 Å². The molecule has 0 aliphatic heterocycles. The first-order chi connectivity index (χ1) is 12.3. The van der Waals surface area contributed by atoms with E-state index in [4.69, 9.17) is 4.98 Å². The number of nitrogens with zero attached hydrogens (tertiary/aromatic N) is 4. The first-order valence-corrected chi connectivity index (χ1v) is 8.93. The van der Waals surface area contributed by atoms with E-state index in [1.807, 2.05) is 48.5 Å². The van der Waals surface area contributed by atoms with Gasteiger partial charge in [-0.2, -0.15) is 5.26 Å². The molecule has 4 nitrogen and oxygen atoms in total. The Labute approximate surface area is 157 Å². The first-order valence-electron chi connectivity index (χ1n) is 7.85. The monoisotopic (exact) mass is 434 g/mol. The molecule has 0 radical (unpaired) electrons. The van der Waals surface area contributed by atoms with Crippen molar-refractivity contribution in [3.05, 3.63) is 75.9 Å². The maximum absolute atomic E-state index is 9.69. The number of para-hydroxylation sites is 4. The molecule has 0 unspecified atom stereocenters. The topological polar surface area (TPSA) is 46.0 Å². The van der Waals surface area contributed by atoms with Crippen LogP contribution in [0.3, 0.4) is 0 Å². The van der Waals surface area contributed by atoms with Crippen molar-refractivity contribution in [2.75, 3.05) is 0 Å².